The van der Waals surface area contributed by atoms with Gasteiger partial charge in [-0.1, -0.05) is 0 Å². The molecule has 0 heterocycles. The molecule has 1 aliphatic carbocycles. The average molecular weight is 257 g/mol. The van der Waals surface area contributed by atoms with Crippen LogP contribution in [-0.4, -0.2) is 42.1 Å². The number of nitrogens with one attached hydrogen (secondary N) is 3. The van der Waals surface area contributed by atoms with Crippen molar-refractivity contribution in [1.29, 1.82) is 0 Å². The van der Waals surface area contributed by atoms with E-state index in [-0.39, 0.29) is 24.8 Å². The van der Waals surface area contributed by atoms with Crippen LogP contribution in [0, 0.1) is 5.92 Å². The van der Waals surface area contributed by atoms with Crippen LogP contribution in [0.4, 0.5) is 4.79 Å². The van der Waals surface area contributed by atoms with E-state index in [0.717, 1.165) is 12.8 Å². The van der Waals surface area contributed by atoms with Gasteiger partial charge < -0.3 is 21.1 Å². The molecule has 3 amide bonds. The first kappa shape index (κ1) is 14.3. The largest absolute Gasteiger partial charge is 0.480 e. The van der Waals surface area contributed by atoms with Crippen LogP contribution >= 0.6 is 0 Å². The van der Waals surface area contributed by atoms with Crippen LogP contribution in [-0.2, 0) is 9.59 Å². The maximum atomic E-state index is 11.4. The van der Waals surface area contributed by atoms with Gasteiger partial charge in [0.1, 0.15) is 6.04 Å². The number of hydrogen-bond donors (Lipinski definition) is 4. The van der Waals surface area contributed by atoms with Gasteiger partial charge in [-0.15, -0.1) is 0 Å². The first-order chi connectivity index (χ1) is 8.54. The van der Waals surface area contributed by atoms with Crippen LogP contribution in [0.15, 0.2) is 0 Å². The number of rotatable bonds is 7. The molecule has 0 aliphatic heterocycles. The number of carboxylic acids is 1. The molecule has 0 spiro atoms. The summed E-state index contributed by atoms with van der Waals surface area (Å²) in [6, 6.07) is -1.37. The zero-order valence-electron chi connectivity index (χ0n) is 10.4. The maximum Gasteiger partial charge on any atom is 0.326 e. The van der Waals surface area contributed by atoms with Crippen molar-refractivity contribution >= 4 is 17.9 Å². The fourth-order valence-corrected chi connectivity index (χ4v) is 1.58. The summed E-state index contributed by atoms with van der Waals surface area (Å²) in [5.41, 5.74) is 0. The van der Waals surface area contributed by atoms with Crippen LogP contribution in [0.25, 0.3) is 0 Å². The molecule has 1 unspecified atom stereocenters. The standard InChI is InChI=1S/C11H19N3O4/c1-2-12-8(15)5-6-13-11(18)14-9(10(16)17)7-3-4-7/h7,9H,2-6H2,1H3,(H,12,15)(H,16,17)(H2,13,14,18). The van der Waals surface area contributed by atoms with Crippen LogP contribution < -0.4 is 16.0 Å². The molecule has 1 atom stereocenters. The second-order valence-corrected chi connectivity index (χ2v) is 4.26. The zero-order valence-corrected chi connectivity index (χ0v) is 10.4. The molecule has 1 aliphatic rings. The van der Waals surface area contributed by atoms with Gasteiger partial charge in [0.25, 0.3) is 0 Å². The molecule has 7 nitrogen and oxygen atoms in total. The van der Waals surface area contributed by atoms with Gasteiger partial charge in [0, 0.05) is 19.5 Å². The quantitative estimate of drug-likeness (QED) is 0.501. The van der Waals surface area contributed by atoms with Crippen molar-refractivity contribution in [2.24, 2.45) is 5.92 Å². The Bertz CT molecular complexity index is 328. The highest BCUT2D eigenvalue weighted by Crippen LogP contribution is 2.32. The Morgan fingerprint density at radius 2 is 1.94 bits per heavy atom. The van der Waals surface area contributed by atoms with E-state index >= 15 is 0 Å². The van der Waals surface area contributed by atoms with Gasteiger partial charge in [0.2, 0.25) is 5.91 Å². The summed E-state index contributed by atoms with van der Waals surface area (Å²) < 4.78 is 0. The molecule has 0 aromatic heterocycles. The van der Waals surface area contributed by atoms with Crippen molar-refractivity contribution in [3.8, 4) is 0 Å². The number of carbonyl (C=O) groups is 3. The van der Waals surface area contributed by atoms with Gasteiger partial charge >= 0.3 is 12.0 Å². The topological polar surface area (TPSA) is 108 Å². The first-order valence-corrected chi connectivity index (χ1v) is 6.08. The molecular weight excluding hydrogens is 238 g/mol. The highest BCUT2D eigenvalue weighted by Gasteiger charge is 2.37. The molecule has 0 saturated heterocycles. The van der Waals surface area contributed by atoms with Crippen molar-refractivity contribution in [2.75, 3.05) is 13.1 Å². The molecule has 0 bridgehead atoms. The van der Waals surface area contributed by atoms with Crippen molar-refractivity contribution in [3.63, 3.8) is 0 Å². The summed E-state index contributed by atoms with van der Waals surface area (Å²) in [7, 11) is 0. The second kappa shape index (κ2) is 6.83. The van der Waals surface area contributed by atoms with Gasteiger partial charge in [-0.05, 0) is 25.7 Å². The maximum absolute atomic E-state index is 11.4. The predicted molar refractivity (Wildman–Crippen MR) is 64.0 cm³/mol. The molecule has 1 saturated carbocycles. The van der Waals surface area contributed by atoms with Crippen molar-refractivity contribution in [1.82, 2.24) is 16.0 Å². The molecule has 4 N–H and O–H groups in total. The highest BCUT2D eigenvalue weighted by molar-refractivity contribution is 5.83. The number of amides is 3. The summed E-state index contributed by atoms with van der Waals surface area (Å²) in [5, 5.41) is 16.4. The van der Waals surface area contributed by atoms with E-state index < -0.39 is 18.0 Å². The SMILES string of the molecule is CCNC(=O)CCNC(=O)NC(C(=O)O)C1CC1. The third-order valence-corrected chi connectivity index (χ3v) is 2.66. The average Bonchev–Trinajstić information content (AvgIpc) is 3.09. The molecule has 1 rings (SSSR count). The second-order valence-electron chi connectivity index (χ2n) is 4.26. The molecule has 0 aromatic rings. The van der Waals surface area contributed by atoms with E-state index in [4.69, 9.17) is 5.11 Å². The van der Waals surface area contributed by atoms with Crippen molar-refractivity contribution in [3.05, 3.63) is 0 Å². The van der Waals surface area contributed by atoms with Crippen molar-refractivity contribution in [2.45, 2.75) is 32.2 Å². The lowest BCUT2D eigenvalue weighted by molar-refractivity contribution is -0.139. The summed E-state index contributed by atoms with van der Waals surface area (Å²) in [6.45, 7) is 2.55. The summed E-state index contributed by atoms with van der Waals surface area (Å²) in [5.74, 6) is -1.12. The van der Waals surface area contributed by atoms with Gasteiger partial charge in [-0.25, -0.2) is 9.59 Å². The summed E-state index contributed by atoms with van der Waals surface area (Å²) in [4.78, 5) is 33.4. The van der Waals surface area contributed by atoms with Crippen molar-refractivity contribution < 1.29 is 19.5 Å². The van der Waals surface area contributed by atoms with E-state index in [1.807, 2.05) is 6.92 Å². The molecule has 1 fully saturated rings. The number of urea groups is 1. The van der Waals surface area contributed by atoms with E-state index in [2.05, 4.69) is 16.0 Å². The van der Waals surface area contributed by atoms with Gasteiger partial charge in [-0.3, -0.25) is 4.79 Å². The Kier molecular flexibility index (Phi) is 5.41. The Balaban J connectivity index is 2.20. The van der Waals surface area contributed by atoms with Gasteiger partial charge in [-0.2, -0.15) is 0 Å². The highest BCUT2D eigenvalue weighted by atomic mass is 16.4. The van der Waals surface area contributed by atoms with E-state index in [0.29, 0.717) is 6.54 Å². The smallest absolute Gasteiger partial charge is 0.326 e. The minimum absolute atomic E-state index is 0.0386. The molecule has 18 heavy (non-hydrogen) atoms. The lowest BCUT2D eigenvalue weighted by Crippen LogP contribution is -2.47. The van der Waals surface area contributed by atoms with Crippen LogP contribution in [0.5, 0.6) is 0 Å². The third-order valence-electron chi connectivity index (χ3n) is 2.66. The molecule has 0 aromatic carbocycles. The van der Waals surface area contributed by atoms with Crippen LogP contribution in [0.1, 0.15) is 26.2 Å². The molecular formula is C11H19N3O4. The van der Waals surface area contributed by atoms with E-state index in [1.54, 1.807) is 0 Å². The number of carboxylic acid groups (broad SMARTS) is 1. The number of carbonyl (C=O) groups excluding carboxylic acids is 2. The Labute approximate surface area is 105 Å². The first-order valence-electron chi connectivity index (χ1n) is 6.08. The summed E-state index contributed by atoms with van der Waals surface area (Å²) in [6.07, 6.45) is 1.84. The number of aliphatic carboxylic acids is 1. The van der Waals surface area contributed by atoms with Crippen LogP contribution in [0.2, 0.25) is 0 Å². The Hall–Kier alpha value is -1.79. The Morgan fingerprint density at radius 3 is 2.44 bits per heavy atom. The predicted octanol–water partition coefficient (Wildman–Crippen LogP) is -0.325. The normalized spacial score (nSPS) is 15.6. The number of hydrogen-bond acceptors (Lipinski definition) is 3. The minimum Gasteiger partial charge on any atom is -0.480 e. The zero-order chi connectivity index (χ0) is 13.5. The fraction of sp³-hybridized carbons (Fsp3) is 0.727. The lowest BCUT2D eigenvalue weighted by atomic mass is 10.2. The van der Waals surface area contributed by atoms with Gasteiger partial charge in [0.05, 0.1) is 0 Å². The minimum atomic E-state index is -1.02. The van der Waals surface area contributed by atoms with E-state index in [9.17, 15) is 14.4 Å². The lowest BCUT2D eigenvalue weighted by Gasteiger charge is -2.14. The van der Waals surface area contributed by atoms with Crippen LogP contribution in [0.3, 0.4) is 0 Å². The molecule has 102 valence electrons. The third kappa shape index (κ3) is 5.03. The fourth-order valence-electron chi connectivity index (χ4n) is 1.58. The summed E-state index contributed by atoms with van der Waals surface area (Å²) >= 11 is 0. The monoisotopic (exact) mass is 257 g/mol. The Morgan fingerprint density at radius 1 is 1.28 bits per heavy atom. The molecule has 7 heteroatoms. The van der Waals surface area contributed by atoms with E-state index in [1.165, 1.54) is 0 Å². The molecule has 0 radical (unpaired) electrons. The van der Waals surface area contributed by atoms with Gasteiger partial charge in [0.15, 0.2) is 0 Å².